The van der Waals surface area contributed by atoms with Gasteiger partial charge in [0.05, 0.1) is 16.8 Å². The van der Waals surface area contributed by atoms with Crippen molar-refractivity contribution in [1.82, 2.24) is 4.98 Å². The van der Waals surface area contributed by atoms with E-state index < -0.39 is 29.1 Å². The summed E-state index contributed by atoms with van der Waals surface area (Å²) in [5.74, 6) is 0.262. The second-order valence-electron chi connectivity index (χ2n) is 11.1. The third-order valence-corrected chi connectivity index (χ3v) is 8.07. The summed E-state index contributed by atoms with van der Waals surface area (Å²) in [4.78, 5) is 19.7. The van der Waals surface area contributed by atoms with Crippen LogP contribution in [0.4, 0.5) is 26.3 Å². The van der Waals surface area contributed by atoms with Gasteiger partial charge in [-0.2, -0.15) is 26.3 Å². The van der Waals surface area contributed by atoms with Crippen LogP contribution >= 0.6 is 0 Å². The quantitative estimate of drug-likeness (QED) is 0.117. The van der Waals surface area contributed by atoms with Gasteiger partial charge in [0.15, 0.2) is 5.76 Å². The number of hydrogen-bond donors (Lipinski definition) is 1. The molecule has 0 aliphatic carbocycles. The molecule has 5 nitrogen and oxygen atoms in total. The Balaban J connectivity index is 1.61. The first-order valence-electron chi connectivity index (χ1n) is 14.4. The molecule has 11 heteroatoms. The average molecular weight is 649 g/mol. The van der Waals surface area contributed by atoms with E-state index in [0.29, 0.717) is 33.5 Å². The van der Waals surface area contributed by atoms with E-state index in [2.05, 4.69) is 9.98 Å². The van der Waals surface area contributed by atoms with Gasteiger partial charge in [0.2, 0.25) is 0 Å². The molecule has 6 rings (SSSR count). The Hall–Kier alpha value is -5.32. The van der Waals surface area contributed by atoms with Gasteiger partial charge in [-0.1, -0.05) is 36.4 Å². The van der Waals surface area contributed by atoms with Crippen molar-refractivity contribution in [3.8, 4) is 16.9 Å². The number of nitrogens with one attached hydrogen (secondary N) is 1. The fourth-order valence-electron chi connectivity index (χ4n) is 6.03. The average Bonchev–Trinajstić information content (AvgIpc) is 3.47. The van der Waals surface area contributed by atoms with Gasteiger partial charge in [-0.25, -0.2) is 9.79 Å². The number of aliphatic imine (C=N–C) groups is 1. The molecule has 2 aromatic heterocycles. The first kappa shape index (κ1) is 31.7. The first-order valence-corrected chi connectivity index (χ1v) is 14.4. The molecule has 47 heavy (non-hydrogen) atoms. The number of benzene rings is 3. The zero-order valence-corrected chi connectivity index (χ0v) is 25.4. The smallest absolute Gasteiger partial charge is 0.417 e. The number of aromatic nitrogens is 1. The maximum Gasteiger partial charge on any atom is 0.417 e. The Bertz CT molecular complexity index is 2210. The molecule has 0 fully saturated rings. The molecule has 0 radical (unpaired) electrons. The highest BCUT2D eigenvalue weighted by Crippen LogP contribution is 2.45. The number of alkyl halides is 6. The molecule has 1 N–H and O–H groups in total. The number of fused-ring (bicyclic) bond motifs is 1. The van der Waals surface area contributed by atoms with Crippen molar-refractivity contribution < 1.29 is 35.5 Å². The van der Waals surface area contributed by atoms with Crippen molar-refractivity contribution >= 4 is 28.0 Å². The first-order chi connectivity index (χ1) is 22.1. The van der Waals surface area contributed by atoms with Crippen LogP contribution in [0.15, 0.2) is 104 Å². The maximum atomic E-state index is 14.1. The summed E-state index contributed by atoms with van der Waals surface area (Å²) < 4.78 is 96.2. The van der Waals surface area contributed by atoms with E-state index in [4.69, 9.17) is 9.15 Å². The van der Waals surface area contributed by atoms with Crippen LogP contribution in [0.5, 0.6) is 5.75 Å². The molecule has 3 aromatic carbocycles. The van der Waals surface area contributed by atoms with Crippen LogP contribution in [0.25, 0.3) is 33.4 Å². The number of ether oxygens (including phenoxy) is 1. The van der Waals surface area contributed by atoms with Crippen LogP contribution in [0.2, 0.25) is 0 Å². The van der Waals surface area contributed by atoms with E-state index >= 15 is 0 Å². The lowest BCUT2D eigenvalue weighted by Crippen LogP contribution is -2.10. The molecule has 1 aliphatic heterocycles. The molecule has 0 spiro atoms. The van der Waals surface area contributed by atoms with Crippen molar-refractivity contribution in [2.75, 3.05) is 0 Å². The normalized spacial score (nSPS) is 15.0. The molecular weight excluding hydrogens is 622 g/mol. The molecule has 0 bridgehead atoms. The number of allylic oxidation sites excluding steroid dienone is 2. The molecule has 0 amide bonds. The molecule has 5 aromatic rings. The zero-order valence-electron chi connectivity index (χ0n) is 25.4. The number of hydrogen-bond acceptors (Lipinski definition) is 4. The van der Waals surface area contributed by atoms with Gasteiger partial charge >= 0.3 is 18.0 Å². The van der Waals surface area contributed by atoms with E-state index in [1.165, 1.54) is 48.5 Å². The fraction of sp³-hybridized carbons (Fsp3) is 0.167. The molecule has 0 saturated heterocycles. The van der Waals surface area contributed by atoms with E-state index in [1.807, 2.05) is 0 Å². The minimum absolute atomic E-state index is 0.0486. The highest BCUT2D eigenvalue weighted by molar-refractivity contribution is 6.27. The van der Waals surface area contributed by atoms with Gasteiger partial charge in [0.25, 0.3) is 0 Å². The minimum atomic E-state index is -4.64. The standard InChI is InChI=1S/C36H26F6N2O3/c1-18-30(24-9-5-7-11-26(24)35(37,38)39)20(3)43-32(18)34(46-23-15-13-22-14-16-29(45)47-28(22)17-23)33-19(2)31(21(4)44-33)25-10-6-8-12-27(25)36(40,41)42/h5-17,43H,1-4H3. The van der Waals surface area contributed by atoms with Crippen molar-refractivity contribution in [2.24, 2.45) is 4.99 Å². The Kier molecular flexibility index (Phi) is 7.73. The summed E-state index contributed by atoms with van der Waals surface area (Å²) in [5.41, 5.74) is 0.330. The predicted octanol–water partition coefficient (Wildman–Crippen LogP) is 10.1. The largest absolute Gasteiger partial charge is 0.453 e. The highest BCUT2D eigenvalue weighted by Gasteiger charge is 2.37. The summed E-state index contributed by atoms with van der Waals surface area (Å²) in [5, 5.41) is 0.612. The maximum absolute atomic E-state index is 14.1. The molecule has 1 aliphatic rings. The number of rotatable bonds is 5. The lowest BCUT2D eigenvalue weighted by molar-refractivity contribution is -0.138. The number of aromatic amines is 1. The molecule has 0 saturated carbocycles. The summed E-state index contributed by atoms with van der Waals surface area (Å²) in [6.45, 7) is 6.46. The third kappa shape index (κ3) is 5.77. The van der Waals surface area contributed by atoms with Crippen molar-refractivity contribution in [3.63, 3.8) is 0 Å². The third-order valence-electron chi connectivity index (χ3n) is 8.07. The van der Waals surface area contributed by atoms with Crippen LogP contribution < -0.4 is 10.4 Å². The van der Waals surface area contributed by atoms with Crippen LogP contribution in [0, 0.1) is 13.8 Å². The van der Waals surface area contributed by atoms with E-state index in [9.17, 15) is 31.1 Å². The van der Waals surface area contributed by atoms with Crippen LogP contribution in [0.1, 0.15) is 47.5 Å². The van der Waals surface area contributed by atoms with Gasteiger partial charge in [-0.05, 0) is 80.3 Å². The predicted molar refractivity (Wildman–Crippen MR) is 168 cm³/mol. The van der Waals surface area contributed by atoms with Crippen molar-refractivity contribution in [2.45, 2.75) is 40.0 Å². The Labute approximate surface area is 264 Å². The van der Waals surface area contributed by atoms with Gasteiger partial charge in [0, 0.05) is 40.1 Å². The number of halogens is 6. The second kappa shape index (κ2) is 11.5. The van der Waals surface area contributed by atoms with E-state index in [-0.39, 0.29) is 45.2 Å². The second-order valence-corrected chi connectivity index (χ2v) is 11.1. The number of nitrogens with zero attached hydrogens (tertiary/aromatic N) is 1. The summed E-state index contributed by atoms with van der Waals surface area (Å²) in [7, 11) is 0. The Morgan fingerprint density at radius 2 is 1.38 bits per heavy atom. The van der Waals surface area contributed by atoms with Gasteiger partial charge in [0.1, 0.15) is 17.0 Å². The van der Waals surface area contributed by atoms with Crippen LogP contribution in [-0.4, -0.2) is 10.7 Å². The monoisotopic (exact) mass is 648 g/mol. The Morgan fingerprint density at radius 3 is 2.04 bits per heavy atom. The van der Waals surface area contributed by atoms with E-state index in [0.717, 1.165) is 12.1 Å². The Morgan fingerprint density at radius 1 is 0.787 bits per heavy atom. The van der Waals surface area contributed by atoms with E-state index in [1.54, 1.807) is 45.9 Å². The summed E-state index contributed by atoms with van der Waals surface area (Å²) >= 11 is 0. The molecule has 0 unspecified atom stereocenters. The number of aryl methyl sites for hydroxylation is 1. The highest BCUT2D eigenvalue weighted by atomic mass is 19.4. The van der Waals surface area contributed by atoms with Crippen molar-refractivity contribution in [1.29, 1.82) is 0 Å². The minimum Gasteiger partial charge on any atom is -0.453 e. The zero-order chi connectivity index (χ0) is 33.8. The molecule has 0 atom stereocenters. The van der Waals surface area contributed by atoms with Crippen LogP contribution in [-0.2, 0) is 12.4 Å². The summed E-state index contributed by atoms with van der Waals surface area (Å²) in [6, 6.07) is 18.0. The van der Waals surface area contributed by atoms with Gasteiger partial charge in [-0.3, -0.25) is 0 Å². The SMILES string of the molecule is CC1=NC(=C(Oc2ccc3ccc(=O)oc3c2)c2[nH]c(C)c(-c3ccccc3C(F)(F)F)c2C)C(C)=C1c1ccccc1C(F)(F)F. The molecule has 240 valence electrons. The van der Waals surface area contributed by atoms with Gasteiger partial charge < -0.3 is 14.1 Å². The number of H-pyrrole nitrogens is 1. The molecule has 3 heterocycles. The van der Waals surface area contributed by atoms with Crippen LogP contribution in [0.3, 0.4) is 0 Å². The fourth-order valence-corrected chi connectivity index (χ4v) is 6.03. The van der Waals surface area contributed by atoms with Gasteiger partial charge in [-0.15, -0.1) is 0 Å². The lowest BCUT2D eigenvalue weighted by Gasteiger charge is -2.16. The van der Waals surface area contributed by atoms with Crippen molar-refractivity contribution in [3.05, 3.63) is 134 Å². The topological polar surface area (TPSA) is 67.6 Å². The summed E-state index contributed by atoms with van der Waals surface area (Å²) in [6.07, 6.45) is -9.27. The lowest BCUT2D eigenvalue weighted by atomic mass is 9.93. The molecular formula is C36H26F6N2O3.